The number of fused-ring (bicyclic) bond motifs is 1. The number of imidazole rings is 1. The normalized spacial score (nSPS) is 10.6. The Morgan fingerprint density at radius 1 is 1.53 bits per heavy atom. The summed E-state index contributed by atoms with van der Waals surface area (Å²) in [5.41, 5.74) is 1.88. The molecule has 1 aromatic carbocycles. The van der Waals surface area contributed by atoms with Crippen LogP contribution in [0.2, 0.25) is 0 Å². The van der Waals surface area contributed by atoms with Gasteiger partial charge in [0.2, 0.25) is 0 Å². The lowest BCUT2D eigenvalue weighted by Crippen LogP contribution is -1.90. The third kappa shape index (κ3) is 3.00. The zero-order valence-corrected chi connectivity index (χ0v) is 10.4. The number of carbonyl (C=O) groups is 1. The van der Waals surface area contributed by atoms with Crippen LogP contribution in [0, 0.1) is 0 Å². The average molecular weight is 250 g/mol. The summed E-state index contributed by atoms with van der Waals surface area (Å²) in [6.07, 6.45) is 1.47. The molecular weight excluding hydrogens is 236 g/mol. The molecular formula is C12H14N2O2S. The summed E-state index contributed by atoms with van der Waals surface area (Å²) >= 11 is 1.55. The van der Waals surface area contributed by atoms with Crippen molar-refractivity contribution in [1.82, 2.24) is 9.97 Å². The number of benzene rings is 1. The number of carbonyl (C=O) groups excluding carboxylic acids is 1. The van der Waals surface area contributed by atoms with Crippen LogP contribution in [0.4, 0.5) is 0 Å². The maximum absolute atomic E-state index is 10.2. The Labute approximate surface area is 104 Å². The molecule has 0 fully saturated rings. The highest BCUT2D eigenvalue weighted by Crippen LogP contribution is 2.23. The summed E-state index contributed by atoms with van der Waals surface area (Å²) in [5.74, 6) is 1.59. The second kappa shape index (κ2) is 5.72. The monoisotopic (exact) mass is 250 g/mol. The van der Waals surface area contributed by atoms with Crippen LogP contribution < -0.4 is 4.74 Å². The third-order valence-corrected chi connectivity index (χ3v) is 3.12. The molecule has 0 radical (unpaired) electrons. The first-order valence-corrected chi connectivity index (χ1v) is 6.51. The van der Waals surface area contributed by atoms with Crippen molar-refractivity contribution in [3.05, 3.63) is 18.2 Å². The fraction of sp³-hybridized carbons (Fsp3) is 0.333. The molecule has 1 heterocycles. The molecule has 0 spiro atoms. The molecule has 0 unspecified atom stereocenters. The number of ether oxygens (including phenoxy) is 1. The molecule has 4 nitrogen and oxygen atoms in total. The van der Waals surface area contributed by atoms with Gasteiger partial charge in [-0.05, 0) is 19.1 Å². The lowest BCUT2D eigenvalue weighted by molar-refractivity contribution is -0.107. The maximum atomic E-state index is 10.2. The van der Waals surface area contributed by atoms with Crippen molar-refractivity contribution >= 4 is 29.1 Å². The van der Waals surface area contributed by atoms with E-state index in [9.17, 15) is 4.79 Å². The third-order valence-electron chi connectivity index (χ3n) is 2.22. The van der Waals surface area contributed by atoms with Crippen LogP contribution in [0.15, 0.2) is 23.4 Å². The van der Waals surface area contributed by atoms with Crippen molar-refractivity contribution in [2.24, 2.45) is 0 Å². The number of rotatable bonds is 6. The predicted octanol–water partition coefficient (Wildman–Crippen LogP) is 2.64. The van der Waals surface area contributed by atoms with Crippen molar-refractivity contribution in [2.45, 2.75) is 18.5 Å². The lowest BCUT2D eigenvalue weighted by Gasteiger charge is -2.00. The van der Waals surface area contributed by atoms with Crippen LogP contribution in [0.1, 0.15) is 13.3 Å². The number of aromatic nitrogens is 2. The predicted molar refractivity (Wildman–Crippen MR) is 68.7 cm³/mol. The number of H-pyrrole nitrogens is 1. The number of thioether (sulfide) groups is 1. The molecule has 0 aliphatic carbocycles. The zero-order valence-electron chi connectivity index (χ0n) is 9.60. The largest absolute Gasteiger partial charge is 0.494 e. The minimum atomic E-state index is 0.548. The van der Waals surface area contributed by atoms with E-state index in [1.165, 1.54) is 0 Å². The number of aldehydes is 1. The minimum absolute atomic E-state index is 0.548. The van der Waals surface area contributed by atoms with E-state index < -0.39 is 0 Å². The number of nitrogens with zero attached hydrogens (tertiary/aromatic N) is 1. The molecule has 90 valence electrons. The smallest absolute Gasteiger partial charge is 0.166 e. The van der Waals surface area contributed by atoms with Crippen LogP contribution in [0.25, 0.3) is 11.0 Å². The summed E-state index contributed by atoms with van der Waals surface area (Å²) in [4.78, 5) is 17.9. The highest BCUT2D eigenvalue weighted by Gasteiger charge is 2.04. The van der Waals surface area contributed by atoms with Gasteiger partial charge in [0.1, 0.15) is 12.0 Å². The van der Waals surface area contributed by atoms with E-state index in [-0.39, 0.29) is 0 Å². The Balaban J connectivity index is 2.15. The lowest BCUT2D eigenvalue weighted by atomic mass is 10.3. The second-order valence-electron chi connectivity index (χ2n) is 3.46. The molecule has 0 aliphatic heterocycles. The van der Waals surface area contributed by atoms with Gasteiger partial charge in [0.25, 0.3) is 0 Å². The van der Waals surface area contributed by atoms with Gasteiger partial charge in [-0.25, -0.2) is 4.98 Å². The maximum Gasteiger partial charge on any atom is 0.166 e. The molecule has 0 amide bonds. The van der Waals surface area contributed by atoms with Crippen molar-refractivity contribution in [3.8, 4) is 5.75 Å². The molecule has 0 bridgehead atoms. The number of nitrogens with one attached hydrogen (secondary N) is 1. The van der Waals surface area contributed by atoms with Gasteiger partial charge < -0.3 is 14.5 Å². The molecule has 5 heteroatoms. The van der Waals surface area contributed by atoms with E-state index >= 15 is 0 Å². The molecule has 2 rings (SSSR count). The Morgan fingerprint density at radius 2 is 2.41 bits per heavy atom. The highest BCUT2D eigenvalue weighted by molar-refractivity contribution is 7.99. The number of aromatic amines is 1. The van der Waals surface area contributed by atoms with E-state index in [1.807, 2.05) is 25.1 Å². The highest BCUT2D eigenvalue weighted by atomic mass is 32.2. The first-order valence-electron chi connectivity index (χ1n) is 5.52. The summed E-state index contributed by atoms with van der Waals surface area (Å²) in [6, 6.07) is 5.78. The van der Waals surface area contributed by atoms with Gasteiger partial charge in [-0.15, -0.1) is 0 Å². The number of hydrogen-bond acceptors (Lipinski definition) is 4. The molecule has 0 saturated heterocycles. The van der Waals surface area contributed by atoms with Crippen molar-refractivity contribution in [1.29, 1.82) is 0 Å². The molecule has 0 aliphatic rings. The van der Waals surface area contributed by atoms with Crippen LogP contribution >= 0.6 is 11.8 Å². The van der Waals surface area contributed by atoms with Gasteiger partial charge in [0, 0.05) is 18.2 Å². The molecule has 2 aromatic rings. The van der Waals surface area contributed by atoms with E-state index in [1.54, 1.807) is 11.8 Å². The topological polar surface area (TPSA) is 55.0 Å². The molecule has 0 atom stereocenters. The SMILES string of the molecule is CCOc1ccc2nc(SCCC=O)[nH]c2c1. The van der Waals surface area contributed by atoms with Crippen LogP contribution in [0.5, 0.6) is 5.75 Å². The zero-order chi connectivity index (χ0) is 12.1. The first kappa shape index (κ1) is 12.0. The first-order chi connectivity index (χ1) is 8.33. The van der Waals surface area contributed by atoms with Gasteiger partial charge in [-0.3, -0.25) is 0 Å². The van der Waals surface area contributed by atoms with Gasteiger partial charge in [0.15, 0.2) is 5.16 Å². The summed E-state index contributed by atoms with van der Waals surface area (Å²) in [7, 11) is 0. The van der Waals surface area contributed by atoms with Crippen LogP contribution in [0.3, 0.4) is 0 Å². The van der Waals surface area contributed by atoms with E-state index in [4.69, 9.17) is 4.74 Å². The van der Waals surface area contributed by atoms with Gasteiger partial charge >= 0.3 is 0 Å². The second-order valence-corrected chi connectivity index (χ2v) is 4.54. The van der Waals surface area contributed by atoms with Gasteiger partial charge in [0.05, 0.1) is 17.6 Å². The summed E-state index contributed by atoms with van der Waals surface area (Å²) in [5, 5.41) is 0.843. The quantitative estimate of drug-likeness (QED) is 0.486. The van der Waals surface area contributed by atoms with Gasteiger partial charge in [-0.2, -0.15) is 0 Å². The van der Waals surface area contributed by atoms with Crippen molar-refractivity contribution in [3.63, 3.8) is 0 Å². The Bertz CT molecular complexity index is 510. The Hall–Kier alpha value is -1.49. The summed E-state index contributed by atoms with van der Waals surface area (Å²) in [6.45, 7) is 2.61. The van der Waals surface area contributed by atoms with Crippen LogP contribution in [-0.4, -0.2) is 28.6 Å². The van der Waals surface area contributed by atoms with E-state index in [0.717, 1.165) is 34.0 Å². The van der Waals surface area contributed by atoms with Crippen molar-refractivity contribution < 1.29 is 9.53 Å². The Kier molecular flexibility index (Phi) is 4.03. The molecule has 17 heavy (non-hydrogen) atoms. The average Bonchev–Trinajstić information content (AvgIpc) is 2.72. The Morgan fingerprint density at radius 3 is 3.18 bits per heavy atom. The number of hydrogen-bond donors (Lipinski definition) is 1. The minimum Gasteiger partial charge on any atom is -0.494 e. The van der Waals surface area contributed by atoms with Gasteiger partial charge in [-0.1, -0.05) is 11.8 Å². The fourth-order valence-corrected chi connectivity index (χ4v) is 2.25. The van der Waals surface area contributed by atoms with E-state index in [0.29, 0.717) is 13.0 Å². The van der Waals surface area contributed by atoms with Crippen molar-refractivity contribution in [2.75, 3.05) is 12.4 Å². The molecule has 1 aromatic heterocycles. The van der Waals surface area contributed by atoms with E-state index in [2.05, 4.69) is 9.97 Å². The molecule has 1 N–H and O–H groups in total. The van der Waals surface area contributed by atoms with Crippen LogP contribution in [-0.2, 0) is 4.79 Å². The summed E-state index contributed by atoms with van der Waals surface area (Å²) < 4.78 is 5.42. The fourth-order valence-electron chi connectivity index (χ4n) is 1.49. The standard InChI is InChI=1S/C12H14N2O2S/c1-2-16-9-4-5-10-11(8-9)14-12(13-10)17-7-3-6-15/h4-6,8H,2-3,7H2,1H3,(H,13,14). The molecule has 0 saturated carbocycles.